The van der Waals surface area contributed by atoms with Crippen LogP contribution in [0.25, 0.3) is 0 Å². The molecule has 1 heterocycles. The summed E-state index contributed by atoms with van der Waals surface area (Å²) in [5.74, 6) is 1.00. The lowest BCUT2D eigenvalue weighted by molar-refractivity contribution is -0.119. The number of Topliss-reactive ketones (excluding diaryl/α,β-unsaturated/α-hetero) is 1. The molecule has 1 unspecified atom stereocenters. The Hall–Kier alpha value is -2.79. The van der Waals surface area contributed by atoms with Crippen molar-refractivity contribution in [3.05, 3.63) is 64.3 Å². The highest BCUT2D eigenvalue weighted by atomic mass is 35.5. The average molecular weight is 412 g/mol. The molecule has 1 aliphatic heterocycles. The molecule has 5 nitrogen and oxygen atoms in total. The van der Waals surface area contributed by atoms with Crippen molar-refractivity contribution in [2.24, 2.45) is 0 Å². The number of nitrogens with zero attached hydrogens (tertiary/aromatic N) is 1. The molecular formula is C23H22ClNO4. The molecule has 0 N–H and O–H groups in total. The van der Waals surface area contributed by atoms with Crippen molar-refractivity contribution < 1.29 is 19.1 Å². The van der Waals surface area contributed by atoms with E-state index >= 15 is 0 Å². The molecule has 0 radical (unpaired) electrons. The predicted molar refractivity (Wildman–Crippen MR) is 112 cm³/mol. The van der Waals surface area contributed by atoms with Crippen LogP contribution in [-0.2, 0) is 9.59 Å². The van der Waals surface area contributed by atoms with Gasteiger partial charge in [-0.3, -0.25) is 14.5 Å². The minimum atomic E-state index is -0.284. The molecule has 0 fully saturated rings. The van der Waals surface area contributed by atoms with Crippen molar-refractivity contribution in [2.75, 3.05) is 19.1 Å². The molecule has 0 spiro atoms. The molecule has 1 aliphatic carbocycles. The van der Waals surface area contributed by atoms with Crippen LogP contribution in [0.1, 0.15) is 37.2 Å². The maximum Gasteiger partial charge on any atom is 0.232 e. The molecule has 6 heteroatoms. The zero-order chi connectivity index (χ0) is 20.5. The molecule has 2 aliphatic rings. The third-order valence-electron chi connectivity index (χ3n) is 5.57. The molecule has 0 saturated heterocycles. The number of carbonyl (C=O) groups is 2. The Morgan fingerprint density at radius 1 is 0.966 bits per heavy atom. The third-order valence-corrected chi connectivity index (χ3v) is 5.82. The second-order valence-corrected chi connectivity index (χ2v) is 7.65. The summed E-state index contributed by atoms with van der Waals surface area (Å²) in [7, 11) is 3.16. The Bertz CT molecular complexity index is 996. The lowest BCUT2D eigenvalue weighted by Gasteiger charge is -2.38. The molecule has 2 aromatic carbocycles. The number of hydrogen-bond donors (Lipinski definition) is 0. The lowest BCUT2D eigenvalue weighted by Crippen LogP contribution is -2.40. The van der Waals surface area contributed by atoms with Crippen LogP contribution in [0.15, 0.2) is 53.7 Å². The molecule has 29 heavy (non-hydrogen) atoms. The monoisotopic (exact) mass is 411 g/mol. The van der Waals surface area contributed by atoms with E-state index in [1.165, 1.54) is 0 Å². The number of methoxy groups -OCH3 is 2. The Labute approximate surface area is 174 Å². The predicted octanol–water partition coefficient (Wildman–Crippen LogP) is 4.88. The van der Waals surface area contributed by atoms with Gasteiger partial charge < -0.3 is 9.47 Å². The van der Waals surface area contributed by atoms with Crippen LogP contribution in [0.4, 0.5) is 5.69 Å². The number of benzene rings is 2. The van der Waals surface area contributed by atoms with E-state index in [0.717, 1.165) is 28.9 Å². The highest BCUT2D eigenvalue weighted by Crippen LogP contribution is 2.44. The summed E-state index contributed by atoms with van der Waals surface area (Å²) in [6, 6.07) is 12.7. The van der Waals surface area contributed by atoms with Crippen LogP contribution in [0.3, 0.4) is 0 Å². The smallest absolute Gasteiger partial charge is 0.232 e. The molecule has 2 aromatic rings. The fourth-order valence-electron chi connectivity index (χ4n) is 4.24. The summed E-state index contributed by atoms with van der Waals surface area (Å²) in [4.78, 5) is 27.8. The van der Waals surface area contributed by atoms with Crippen LogP contribution in [-0.4, -0.2) is 25.9 Å². The number of amides is 1. The van der Waals surface area contributed by atoms with Crippen molar-refractivity contribution in [1.29, 1.82) is 0 Å². The second-order valence-electron chi connectivity index (χ2n) is 7.21. The van der Waals surface area contributed by atoms with Crippen molar-refractivity contribution in [3.63, 3.8) is 0 Å². The number of carbonyl (C=O) groups excluding carboxylic acids is 2. The molecule has 150 valence electrons. The molecule has 1 amide bonds. The minimum absolute atomic E-state index is 0.0273. The first kappa shape index (κ1) is 19.5. The first-order valence-corrected chi connectivity index (χ1v) is 9.98. The number of anilines is 1. The summed E-state index contributed by atoms with van der Waals surface area (Å²) >= 11 is 6.01. The minimum Gasteiger partial charge on any atom is -0.493 e. The standard InChI is InChI=1S/C23H22ClNO4/c1-28-20-11-6-14(12-21(20)29-2)17-13-22(27)25(16-9-7-15(24)8-10-16)18-4-3-5-19(26)23(17)18/h6-12,17H,3-5,13H2,1-2H3. The van der Waals surface area contributed by atoms with Gasteiger partial charge in [-0.25, -0.2) is 0 Å². The van der Waals surface area contributed by atoms with Crippen LogP contribution in [0.2, 0.25) is 5.02 Å². The number of ether oxygens (including phenoxy) is 2. The SMILES string of the molecule is COc1ccc(C2CC(=O)N(c3ccc(Cl)cc3)C3=C2C(=O)CCC3)cc1OC. The van der Waals surface area contributed by atoms with Crippen LogP contribution in [0, 0.1) is 0 Å². The maximum absolute atomic E-state index is 13.2. The van der Waals surface area contributed by atoms with Crippen molar-refractivity contribution in [3.8, 4) is 11.5 Å². The van der Waals surface area contributed by atoms with E-state index in [1.807, 2.05) is 30.3 Å². The first-order chi connectivity index (χ1) is 14.0. The zero-order valence-electron chi connectivity index (χ0n) is 16.4. The van der Waals surface area contributed by atoms with Gasteiger partial charge in [0.25, 0.3) is 0 Å². The third kappa shape index (κ3) is 3.51. The van der Waals surface area contributed by atoms with Crippen LogP contribution >= 0.6 is 11.6 Å². The van der Waals surface area contributed by atoms with Gasteiger partial charge in [-0.15, -0.1) is 0 Å². The van der Waals surface area contributed by atoms with E-state index in [1.54, 1.807) is 31.3 Å². The number of rotatable bonds is 4. The average Bonchev–Trinajstić information content (AvgIpc) is 2.73. The van der Waals surface area contributed by atoms with E-state index in [9.17, 15) is 9.59 Å². The second kappa shape index (κ2) is 7.91. The Balaban J connectivity index is 1.83. The summed E-state index contributed by atoms with van der Waals surface area (Å²) in [5, 5.41) is 0.607. The highest BCUT2D eigenvalue weighted by Gasteiger charge is 2.39. The van der Waals surface area contributed by atoms with E-state index in [0.29, 0.717) is 29.4 Å². The summed E-state index contributed by atoms with van der Waals surface area (Å²) in [5.41, 5.74) is 3.17. The molecule has 1 atom stereocenters. The quantitative estimate of drug-likeness (QED) is 0.719. The van der Waals surface area contributed by atoms with Crippen LogP contribution in [0.5, 0.6) is 11.5 Å². The van der Waals surface area contributed by atoms with Crippen molar-refractivity contribution in [2.45, 2.75) is 31.6 Å². The zero-order valence-corrected chi connectivity index (χ0v) is 17.2. The van der Waals surface area contributed by atoms with Gasteiger partial charge in [-0.05, 0) is 54.8 Å². The molecule has 0 saturated carbocycles. The van der Waals surface area contributed by atoms with Gasteiger partial charge in [0.15, 0.2) is 17.3 Å². The Morgan fingerprint density at radius 3 is 2.38 bits per heavy atom. The largest absolute Gasteiger partial charge is 0.493 e. The number of allylic oxidation sites excluding steroid dienone is 2. The number of halogens is 1. The van der Waals surface area contributed by atoms with Gasteiger partial charge in [0.05, 0.1) is 14.2 Å². The molecule has 4 rings (SSSR count). The summed E-state index contributed by atoms with van der Waals surface area (Å²) in [6.07, 6.45) is 2.17. The number of hydrogen-bond acceptors (Lipinski definition) is 4. The molecular weight excluding hydrogens is 390 g/mol. The fourth-order valence-corrected chi connectivity index (χ4v) is 4.36. The van der Waals surface area contributed by atoms with Crippen LogP contribution < -0.4 is 14.4 Å². The first-order valence-electron chi connectivity index (χ1n) is 9.60. The van der Waals surface area contributed by atoms with Gasteiger partial charge >= 0.3 is 0 Å². The normalized spacial score (nSPS) is 19.3. The number of ketones is 1. The van der Waals surface area contributed by atoms with E-state index < -0.39 is 0 Å². The highest BCUT2D eigenvalue weighted by molar-refractivity contribution is 6.30. The fraction of sp³-hybridized carbons (Fsp3) is 0.304. The van der Waals surface area contributed by atoms with Gasteiger partial charge in [0.1, 0.15) is 0 Å². The van der Waals surface area contributed by atoms with Gasteiger partial charge in [0.2, 0.25) is 5.91 Å². The van der Waals surface area contributed by atoms with Gasteiger partial charge in [-0.2, -0.15) is 0 Å². The Kier molecular flexibility index (Phi) is 5.33. The summed E-state index contributed by atoms with van der Waals surface area (Å²) in [6.45, 7) is 0. The lowest BCUT2D eigenvalue weighted by atomic mass is 9.77. The Morgan fingerprint density at radius 2 is 1.69 bits per heavy atom. The topological polar surface area (TPSA) is 55.8 Å². The maximum atomic E-state index is 13.2. The van der Waals surface area contributed by atoms with Gasteiger partial charge in [-0.1, -0.05) is 17.7 Å². The van der Waals surface area contributed by atoms with Crippen molar-refractivity contribution >= 4 is 29.0 Å². The van der Waals surface area contributed by atoms with Gasteiger partial charge in [0, 0.05) is 40.7 Å². The van der Waals surface area contributed by atoms with E-state index in [2.05, 4.69) is 0 Å². The summed E-state index contributed by atoms with van der Waals surface area (Å²) < 4.78 is 10.7. The molecule has 0 bridgehead atoms. The molecule has 0 aromatic heterocycles. The van der Waals surface area contributed by atoms with Crippen molar-refractivity contribution in [1.82, 2.24) is 0 Å². The van der Waals surface area contributed by atoms with E-state index in [-0.39, 0.29) is 24.0 Å². The van der Waals surface area contributed by atoms with E-state index in [4.69, 9.17) is 21.1 Å².